The summed E-state index contributed by atoms with van der Waals surface area (Å²) in [6, 6.07) is 6.58. The van der Waals surface area contributed by atoms with Crippen molar-refractivity contribution < 1.29 is 19.4 Å². The molecule has 4 nitrogen and oxygen atoms in total. The van der Waals surface area contributed by atoms with Gasteiger partial charge in [-0.2, -0.15) is 0 Å². The monoisotopic (exact) mass is 220 g/mol. The molecule has 0 bridgehead atoms. The summed E-state index contributed by atoms with van der Waals surface area (Å²) in [7, 11) is 0. The van der Waals surface area contributed by atoms with Gasteiger partial charge in [-0.05, 0) is 30.7 Å². The number of aryl methyl sites for hydroxylation is 1. The lowest BCUT2D eigenvalue weighted by molar-refractivity contribution is 0.0697. The van der Waals surface area contributed by atoms with Gasteiger partial charge >= 0.3 is 5.97 Å². The van der Waals surface area contributed by atoms with Gasteiger partial charge < -0.3 is 14.6 Å². The first-order valence-electron chi connectivity index (χ1n) is 5.07. The van der Waals surface area contributed by atoms with Crippen LogP contribution in [0.2, 0.25) is 0 Å². The molecular weight excluding hydrogens is 208 g/mol. The van der Waals surface area contributed by atoms with E-state index in [1.807, 2.05) is 6.07 Å². The molecule has 0 aliphatic rings. The number of carbonyl (C=O) groups is 1. The van der Waals surface area contributed by atoms with Crippen molar-refractivity contribution in [3.8, 4) is 0 Å². The molecule has 0 radical (unpaired) electrons. The zero-order chi connectivity index (χ0) is 11.5. The summed E-state index contributed by atoms with van der Waals surface area (Å²) in [6.07, 6.45) is 1.30. The normalized spacial score (nSPS) is 10.8. The number of carboxylic acid groups (broad SMARTS) is 1. The largest absolute Gasteiger partial charge is 0.478 e. The van der Waals surface area contributed by atoms with Crippen LogP contribution in [0.3, 0.4) is 0 Å². The minimum absolute atomic E-state index is 0.122. The van der Waals surface area contributed by atoms with Crippen molar-refractivity contribution in [1.29, 1.82) is 0 Å². The van der Waals surface area contributed by atoms with E-state index in [-0.39, 0.29) is 12.2 Å². The van der Waals surface area contributed by atoms with Gasteiger partial charge in [0, 0.05) is 18.4 Å². The van der Waals surface area contributed by atoms with Crippen LogP contribution in [0.25, 0.3) is 11.0 Å². The quantitative estimate of drug-likeness (QED) is 0.827. The van der Waals surface area contributed by atoms with E-state index in [1.165, 1.54) is 6.07 Å². The minimum atomic E-state index is -0.944. The summed E-state index contributed by atoms with van der Waals surface area (Å²) < 4.78 is 5.50. The topological polar surface area (TPSA) is 70.7 Å². The Hall–Kier alpha value is -1.81. The van der Waals surface area contributed by atoms with Crippen molar-refractivity contribution in [2.24, 2.45) is 0 Å². The van der Waals surface area contributed by atoms with Crippen molar-refractivity contribution in [2.75, 3.05) is 6.61 Å². The number of hydrogen-bond donors (Lipinski definition) is 2. The van der Waals surface area contributed by atoms with E-state index in [0.717, 1.165) is 11.1 Å². The molecular formula is C12H12O4. The number of hydrogen-bond acceptors (Lipinski definition) is 3. The molecule has 0 fully saturated rings. The van der Waals surface area contributed by atoms with E-state index in [2.05, 4.69) is 0 Å². The van der Waals surface area contributed by atoms with Gasteiger partial charge in [-0.15, -0.1) is 0 Å². The number of aliphatic hydroxyl groups is 1. The average Bonchev–Trinajstić information content (AvgIpc) is 2.67. The number of rotatable bonds is 4. The summed E-state index contributed by atoms with van der Waals surface area (Å²) in [4.78, 5) is 10.8. The Morgan fingerprint density at radius 3 is 2.81 bits per heavy atom. The molecule has 0 unspecified atom stereocenters. The number of furan rings is 1. The van der Waals surface area contributed by atoms with Crippen LogP contribution >= 0.6 is 0 Å². The molecule has 0 saturated carbocycles. The zero-order valence-electron chi connectivity index (χ0n) is 8.64. The van der Waals surface area contributed by atoms with Crippen molar-refractivity contribution in [3.63, 3.8) is 0 Å². The van der Waals surface area contributed by atoms with Crippen LogP contribution in [0.5, 0.6) is 0 Å². The molecule has 0 saturated heterocycles. The Morgan fingerprint density at radius 1 is 1.31 bits per heavy atom. The van der Waals surface area contributed by atoms with Crippen molar-refractivity contribution in [3.05, 3.63) is 35.6 Å². The summed E-state index contributed by atoms with van der Waals surface area (Å²) in [6.45, 7) is 0.122. The van der Waals surface area contributed by atoms with Crippen LogP contribution in [-0.4, -0.2) is 22.8 Å². The molecule has 2 aromatic rings. The lowest BCUT2D eigenvalue weighted by Crippen LogP contribution is -1.94. The maximum absolute atomic E-state index is 10.8. The first-order chi connectivity index (χ1) is 7.70. The number of benzene rings is 1. The van der Waals surface area contributed by atoms with Gasteiger partial charge in [0.2, 0.25) is 0 Å². The average molecular weight is 220 g/mol. The third-order valence-corrected chi connectivity index (χ3v) is 2.40. The first kappa shape index (κ1) is 10.7. The van der Waals surface area contributed by atoms with E-state index in [4.69, 9.17) is 14.6 Å². The predicted octanol–water partition coefficient (Wildman–Crippen LogP) is 2.06. The highest BCUT2D eigenvalue weighted by Gasteiger charge is 2.07. The fourth-order valence-corrected chi connectivity index (χ4v) is 1.61. The first-order valence-corrected chi connectivity index (χ1v) is 5.07. The Balaban J connectivity index is 2.34. The second kappa shape index (κ2) is 4.37. The highest BCUT2D eigenvalue weighted by molar-refractivity contribution is 5.93. The molecule has 0 atom stereocenters. The van der Waals surface area contributed by atoms with E-state index < -0.39 is 5.97 Å². The van der Waals surface area contributed by atoms with Crippen LogP contribution in [0.4, 0.5) is 0 Å². The van der Waals surface area contributed by atoms with E-state index in [0.29, 0.717) is 18.4 Å². The lowest BCUT2D eigenvalue weighted by atomic mass is 10.1. The molecule has 1 heterocycles. The Morgan fingerprint density at radius 2 is 2.12 bits per heavy atom. The Kier molecular flexibility index (Phi) is 2.92. The maximum Gasteiger partial charge on any atom is 0.335 e. The summed E-state index contributed by atoms with van der Waals surface area (Å²) in [5.74, 6) is -0.174. The Bertz CT molecular complexity index is 513. The number of fused-ring (bicyclic) bond motifs is 1. The standard InChI is InChI=1S/C12H12O4/c13-5-1-2-10-7-9-6-8(12(14)15)3-4-11(9)16-10/h3-4,6-7,13H,1-2,5H2,(H,14,15). The number of carboxylic acids is 1. The van der Waals surface area contributed by atoms with Crippen LogP contribution < -0.4 is 0 Å². The van der Waals surface area contributed by atoms with Gasteiger partial charge in [-0.25, -0.2) is 4.79 Å². The van der Waals surface area contributed by atoms with Crippen LogP contribution in [-0.2, 0) is 6.42 Å². The molecule has 1 aromatic heterocycles. The highest BCUT2D eigenvalue weighted by Crippen LogP contribution is 2.21. The van der Waals surface area contributed by atoms with E-state index >= 15 is 0 Å². The van der Waals surface area contributed by atoms with Gasteiger partial charge in [0.15, 0.2) is 0 Å². The van der Waals surface area contributed by atoms with Crippen LogP contribution in [0.1, 0.15) is 22.5 Å². The van der Waals surface area contributed by atoms with Gasteiger partial charge in [0.25, 0.3) is 0 Å². The van der Waals surface area contributed by atoms with Gasteiger partial charge in [0.05, 0.1) is 5.56 Å². The lowest BCUT2D eigenvalue weighted by Gasteiger charge is -1.92. The molecule has 1 aromatic carbocycles. The summed E-state index contributed by atoms with van der Waals surface area (Å²) in [5.41, 5.74) is 0.931. The Labute approximate surface area is 92.1 Å². The highest BCUT2D eigenvalue weighted by atomic mass is 16.4. The molecule has 2 N–H and O–H groups in total. The van der Waals surface area contributed by atoms with Gasteiger partial charge in [0.1, 0.15) is 11.3 Å². The third-order valence-electron chi connectivity index (χ3n) is 2.40. The number of aromatic carboxylic acids is 1. The van der Waals surface area contributed by atoms with Gasteiger partial charge in [-0.1, -0.05) is 0 Å². The fourth-order valence-electron chi connectivity index (χ4n) is 1.61. The fraction of sp³-hybridized carbons (Fsp3) is 0.250. The summed E-state index contributed by atoms with van der Waals surface area (Å²) >= 11 is 0. The van der Waals surface area contributed by atoms with Gasteiger partial charge in [-0.3, -0.25) is 0 Å². The van der Waals surface area contributed by atoms with Crippen molar-refractivity contribution in [1.82, 2.24) is 0 Å². The minimum Gasteiger partial charge on any atom is -0.478 e. The summed E-state index contributed by atoms with van der Waals surface area (Å²) in [5, 5.41) is 18.3. The molecule has 16 heavy (non-hydrogen) atoms. The van der Waals surface area contributed by atoms with Crippen LogP contribution in [0, 0.1) is 0 Å². The maximum atomic E-state index is 10.8. The zero-order valence-corrected chi connectivity index (χ0v) is 8.64. The van der Waals surface area contributed by atoms with Crippen LogP contribution in [0.15, 0.2) is 28.7 Å². The molecule has 0 spiro atoms. The molecule has 0 aliphatic carbocycles. The number of aliphatic hydroxyl groups excluding tert-OH is 1. The van der Waals surface area contributed by atoms with E-state index in [9.17, 15) is 4.79 Å². The molecule has 84 valence electrons. The van der Waals surface area contributed by atoms with Crippen molar-refractivity contribution in [2.45, 2.75) is 12.8 Å². The second-order valence-electron chi connectivity index (χ2n) is 3.60. The molecule has 0 amide bonds. The predicted molar refractivity (Wildman–Crippen MR) is 58.6 cm³/mol. The van der Waals surface area contributed by atoms with Crippen molar-refractivity contribution >= 4 is 16.9 Å². The second-order valence-corrected chi connectivity index (χ2v) is 3.60. The SMILES string of the molecule is O=C(O)c1ccc2oc(CCCO)cc2c1. The molecule has 2 rings (SSSR count). The molecule has 4 heteroatoms. The molecule has 0 aliphatic heterocycles. The van der Waals surface area contributed by atoms with E-state index in [1.54, 1.807) is 12.1 Å². The third kappa shape index (κ3) is 2.06. The smallest absolute Gasteiger partial charge is 0.335 e.